The second-order valence-corrected chi connectivity index (χ2v) is 8.01. The highest BCUT2D eigenvalue weighted by molar-refractivity contribution is 7.99. The van der Waals surface area contributed by atoms with Gasteiger partial charge in [0.05, 0.1) is 12.9 Å². The molecule has 0 aliphatic carbocycles. The minimum atomic E-state index is -0.623. The van der Waals surface area contributed by atoms with Crippen LogP contribution in [-0.2, 0) is 11.2 Å². The summed E-state index contributed by atoms with van der Waals surface area (Å²) in [5.41, 5.74) is 0.248. The Morgan fingerprint density at radius 2 is 1.91 bits per heavy atom. The molecule has 2 heterocycles. The molecule has 2 aromatic carbocycles. The maximum atomic E-state index is 13.4. The Balaban J connectivity index is 1.60. The van der Waals surface area contributed by atoms with Gasteiger partial charge in [-0.25, -0.2) is 9.18 Å². The molecule has 174 valence electrons. The van der Waals surface area contributed by atoms with Crippen LogP contribution in [0.25, 0.3) is 5.69 Å². The van der Waals surface area contributed by atoms with Gasteiger partial charge in [0.1, 0.15) is 17.4 Å². The Labute approximate surface area is 196 Å². The summed E-state index contributed by atoms with van der Waals surface area (Å²) in [7, 11) is 1.56. The van der Waals surface area contributed by atoms with Crippen molar-refractivity contribution in [2.75, 3.05) is 18.2 Å². The number of halogens is 1. The average Bonchev–Trinajstić information content (AvgIpc) is 3.19. The van der Waals surface area contributed by atoms with Crippen molar-refractivity contribution in [3.8, 4) is 11.4 Å². The van der Waals surface area contributed by atoms with Crippen LogP contribution < -0.4 is 21.3 Å². The van der Waals surface area contributed by atoms with Crippen LogP contribution in [0.3, 0.4) is 0 Å². The highest BCUT2D eigenvalue weighted by Crippen LogP contribution is 2.25. The maximum Gasteiger partial charge on any atom is 0.325 e. The minimum Gasteiger partial charge on any atom is -0.497 e. The normalized spacial score (nSPS) is 10.8. The molecule has 0 saturated carbocycles. The van der Waals surface area contributed by atoms with Crippen LogP contribution in [0, 0.1) is 5.82 Å². The standard InChI is InChI=1S/C22H19FN6O4S/c1-33-17-7-5-16(6-8-17)29-18(10-15-11-19(30)26-21(32)25-15)27-28-22(29)34-12-20(31)24-14-4-2-3-13(23)9-14/h2-9,11H,10,12H2,1H3,(H,24,31)(H2,25,26,30,32). The number of rotatable bonds is 8. The maximum absolute atomic E-state index is 13.4. The van der Waals surface area contributed by atoms with Gasteiger partial charge in [-0.2, -0.15) is 0 Å². The van der Waals surface area contributed by atoms with E-state index in [-0.39, 0.29) is 18.1 Å². The summed E-state index contributed by atoms with van der Waals surface area (Å²) in [5, 5.41) is 11.5. The fourth-order valence-corrected chi connectivity index (χ4v) is 3.95. The van der Waals surface area contributed by atoms with E-state index in [0.717, 1.165) is 11.8 Å². The summed E-state index contributed by atoms with van der Waals surface area (Å²) in [5.74, 6) is 0.292. The Kier molecular flexibility index (Phi) is 6.87. The van der Waals surface area contributed by atoms with E-state index in [1.165, 1.54) is 24.3 Å². The zero-order chi connectivity index (χ0) is 24.1. The molecule has 0 atom stereocenters. The zero-order valence-electron chi connectivity index (χ0n) is 17.9. The Morgan fingerprint density at radius 3 is 2.62 bits per heavy atom. The average molecular weight is 482 g/mol. The summed E-state index contributed by atoms with van der Waals surface area (Å²) in [6, 6.07) is 14.0. The number of benzene rings is 2. The molecular formula is C22H19FN6O4S. The molecule has 0 bridgehead atoms. The third-order valence-corrected chi connectivity index (χ3v) is 5.57. The van der Waals surface area contributed by atoms with E-state index in [2.05, 4.69) is 25.5 Å². The molecule has 0 radical (unpaired) electrons. The lowest BCUT2D eigenvalue weighted by Gasteiger charge is -2.11. The molecule has 0 aliphatic rings. The topological polar surface area (TPSA) is 135 Å². The summed E-state index contributed by atoms with van der Waals surface area (Å²) in [4.78, 5) is 40.4. The predicted molar refractivity (Wildman–Crippen MR) is 124 cm³/mol. The van der Waals surface area contributed by atoms with E-state index in [4.69, 9.17) is 4.74 Å². The van der Waals surface area contributed by atoms with Crippen molar-refractivity contribution in [3.63, 3.8) is 0 Å². The number of nitrogens with zero attached hydrogens (tertiary/aromatic N) is 3. The van der Waals surface area contributed by atoms with Gasteiger partial charge in [0.2, 0.25) is 5.91 Å². The van der Waals surface area contributed by atoms with Crippen LogP contribution in [0.15, 0.2) is 69.3 Å². The SMILES string of the molecule is COc1ccc(-n2c(Cc3cc(=O)[nH]c(=O)[nH]3)nnc2SCC(=O)Nc2cccc(F)c2)cc1. The Bertz CT molecular complexity index is 1400. The van der Waals surface area contributed by atoms with E-state index < -0.39 is 17.1 Å². The predicted octanol–water partition coefficient (Wildman–Crippen LogP) is 2.11. The van der Waals surface area contributed by atoms with Crippen molar-refractivity contribution in [1.82, 2.24) is 24.7 Å². The number of carbonyl (C=O) groups excluding carboxylic acids is 1. The van der Waals surface area contributed by atoms with Crippen molar-refractivity contribution in [2.45, 2.75) is 11.6 Å². The first-order chi connectivity index (χ1) is 16.4. The van der Waals surface area contributed by atoms with Gasteiger partial charge in [-0.15, -0.1) is 10.2 Å². The first kappa shape index (κ1) is 23.0. The van der Waals surface area contributed by atoms with Gasteiger partial charge >= 0.3 is 5.69 Å². The van der Waals surface area contributed by atoms with Crippen LogP contribution in [0.2, 0.25) is 0 Å². The van der Waals surface area contributed by atoms with Crippen molar-refractivity contribution in [1.29, 1.82) is 0 Å². The summed E-state index contributed by atoms with van der Waals surface area (Å²) in [6.07, 6.45) is 0.119. The molecule has 34 heavy (non-hydrogen) atoms. The number of H-pyrrole nitrogens is 2. The van der Waals surface area contributed by atoms with Gasteiger partial charge in [0, 0.05) is 29.6 Å². The molecule has 0 unspecified atom stereocenters. The lowest BCUT2D eigenvalue weighted by molar-refractivity contribution is -0.113. The number of anilines is 1. The quantitative estimate of drug-likeness (QED) is 0.328. The molecule has 4 rings (SSSR count). The number of aromatic amines is 2. The van der Waals surface area contributed by atoms with E-state index in [9.17, 15) is 18.8 Å². The smallest absolute Gasteiger partial charge is 0.325 e. The largest absolute Gasteiger partial charge is 0.497 e. The minimum absolute atomic E-state index is 0.00730. The van der Waals surface area contributed by atoms with E-state index >= 15 is 0 Å². The molecule has 3 N–H and O–H groups in total. The molecule has 0 aliphatic heterocycles. The van der Waals surface area contributed by atoms with Crippen molar-refractivity contribution >= 4 is 23.4 Å². The van der Waals surface area contributed by atoms with E-state index in [0.29, 0.717) is 33.8 Å². The van der Waals surface area contributed by atoms with Gasteiger partial charge in [0.25, 0.3) is 5.56 Å². The molecule has 2 aromatic heterocycles. The van der Waals surface area contributed by atoms with Gasteiger partial charge in [-0.1, -0.05) is 17.8 Å². The lowest BCUT2D eigenvalue weighted by Crippen LogP contribution is -2.23. The fraction of sp³-hybridized carbons (Fsp3) is 0.136. The first-order valence-electron chi connectivity index (χ1n) is 10.0. The molecule has 1 amide bonds. The number of aromatic nitrogens is 5. The third kappa shape index (κ3) is 5.59. The number of methoxy groups -OCH3 is 1. The number of nitrogens with one attached hydrogen (secondary N) is 3. The molecule has 10 nitrogen and oxygen atoms in total. The molecular weight excluding hydrogens is 463 g/mol. The lowest BCUT2D eigenvalue weighted by atomic mass is 10.2. The van der Waals surface area contributed by atoms with Gasteiger partial charge in [-0.3, -0.25) is 19.1 Å². The number of hydrogen-bond donors (Lipinski definition) is 3. The Morgan fingerprint density at radius 1 is 1.12 bits per heavy atom. The molecule has 0 spiro atoms. The van der Waals surface area contributed by atoms with Crippen molar-refractivity contribution < 1.29 is 13.9 Å². The van der Waals surface area contributed by atoms with Crippen LogP contribution in [0.1, 0.15) is 11.5 Å². The van der Waals surface area contributed by atoms with Crippen molar-refractivity contribution in [3.05, 3.63) is 92.8 Å². The summed E-state index contributed by atoms with van der Waals surface area (Å²) < 4.78 is 20.3. The molecule has 0 saturated heterocycles. The monoisotopic (exact) mass is 482 g/mol. The van der Waals surface area contributed by atoms with Gasteiger partial charge in [-0.05, 0) is 42.5 Å². The third-order valence-electron chi connectivity index (χ3n) is 4.64. The van der Waals surface area contributed by atoms with Gasteiger partial charge in [0.15, 0.2) is 5.16 Å². The number of amides is 1. The van der Waals surface area contributed by atoms with Crippen LogP contribution in [-0.4, -0.2) is 43.5 Å². The second kappa shape index (κ2) is 10.2. The number of ether oxygens (including phenoxy) is 1. The fourth-order valence-electron chi connectivity index (χ4n) is 3.18. The second-order valence-electron chi connectivity index (χ2n) is 7.07. The van der Waals surface area contributed by atoms with Crippen LogP contribution in [0.5, 0.6) is 5.75 Å². The number of thioether (sulfide) groups is 1. The van der Waals surface area contributed by atoms with E-state index in [1.54, 1.807) is 42.0 Å². The first-order valence-corrected chi connectivity index (χ1v) is 11.0. The highest BCUT2D eigenvalue weighted by Gasteiger charge is 2.17. The molecule has 12 heteroatoms. The van der Waals surface area contributed by atoms with E-state index in [1.807, 2.05) is 0 Å². The van der Waals surface area contributed by atoms with Gasteiger partial charge < -0.3 is 15.0 Å². The zero-order valence-corrected chi connectivity index (χ0v) is 18.7. The molecule has 4 aromatic rings. The van der Waals surface area contributed by atoms with Crippen LogP contribution >= 0.6 is 11.8 Å². The highest BCUT2D eigenvalue weighted by atomic mass is 32.2. The van der Waals surface area contributed by atoms with Crippen LogP contribution in [0.4, 0.5) is 10.1 Å². The summed E-state index contributed by atoms with van der Waals surface area (Å²) >= 11 is 1.13. The Hall–Kier alpha value is -4.19. The number of hydrogen-bond acceptors (Lipinski definition) is 7. The molecule has 0 fully saturated rings. The summed E-state index contributed by atoms with van der Waals surface area (Å²) in [6.45, 7) is 0. The van der Waals surface area contributed by atoms with Crippen molar-refractivity contribution in [2.24, 2.45) is 0 Å². The number of carbonyl (C=O) groups is 1.